The van der Waals surface area contributed by atoms with Crippen LogP contribution in [0.5, 0.6) is 0 Å². The van der Waals surface area contributed by atoms with Gasteiger partial charge in [0.05, 0.1) is 12.1 Å². The summed E-state index contributed by atoms with van der Waals surface area (Å²) in [6.45, 7) is 0.634. The zero-order valence-electron chi connectivity index (χ0n) is 10.2. The summed E-state index contributed by atoms with van der Waals surface area (Å²) >= 11 is 0. The summed E-state index contributed by atoms with van der Waals surface area (Å²) in [6.07, 6.45) is 1.99. The lowest BCUT2D eigenvalue weighted by molar-refractivity contribution is 0.0125. The van der Waals surface area contributed by atoms with E-state index in [0.29, 0.717) is 26.1 Å². The molecule has 0 bridgehead atoms. The summed E-state index contributed by atoms with van der Waals surface area (Å²) in [6, 6.07) is 0. The molecule has 0 radical (unpaired) electrons. The van der Waals surface area contributed by atoms with Crippen LogP contribution >= 0.6 is 0 Å². The zero-order valence-corrected chi connectivity index (χ0v) is 10.2. The summed E-state index contributed by atoms with van der Waals surface area (Å²) in [5.74, 6) is -0.631. The van der Waals surface area contributed by atoms with Crippen LogP contribution in [0.25, 0.3) is 0 Å². The number of aromatic nitrogens is 2. The van der Waals surface area contributed by atoms with Crippen molar-refractivity contribution in [3.05, 3.63) is 32.6 Å². The number of aliphatic hydroxyl groups excluding tert-OH is 1. The van der Waals surface area contributed by atoms with Crippen LogP contribution in [0.15, 0.2) is 15.8 Å². The van der Waals surface area contributed by atoms with Crippen LogP contribution < -0.4 is 16.6 Å². The minimum Gasteiger partial charge on any atom is -0.394 e. The molecule has 0 aliphatic carbocycles. The maximum absolute atomic E-state index is 12.0. The molecule has 1 aromatic heterocycles. The second-order valence-electron chi connectivity index (χ2n) is 4.49. The average Bonchev–Trinajstić information content (AvgIpc) is 2.39. The van der Waals surface area contributed by atoms with Gasteiger partial charge in [-0.05, 0) is 12.8 Å². The normalized spacial score (nSPS) is 17.9. The quantitative estimate of drug-likeness (QED) is 0.522. The summed E-state index contributed by atoms with van der Waals surface area (Å²) in [5.41, 5.74) is -2.41. The van der Waals surface area contributed by atoms with Crippen molar-refractivity contribution in [2.24, 2.45) is 0 Å². The van der Waals surface area contributed by atoms with Gasteiger partial charge in [-0.3, -0.25) is 14.6 Å². The first-order valence-corrected chi connectivity index (χ1v) is 5.89. The van der Waals surface area contributed by atoms with E-state index in [-0.39, 0.29) is 12.2 Å². The Morgan fingerprint density at radius 1 is 1.42 bits per heavy atom. The van der Waals surface area contributed by atoms with Gasteiger partial charge >= 0.3 is 5.69 Å². The Bertz CT molecular complexity index is 570. The fraction of sp³-hybridized carbons (Fsp3) is 0.545. The predicted molar refractivity (Wildman–Crippen MR) is 65.0 cm³/mol. The molecule has 1 fully saturated rings. The number of ether oxygens (including phenoxy) is 1. The van der Waals surface area contributed by atoms with Crippen molar-refractivity contribution in [2.45, 2.75) is 18.4 Å². The van der Waals surface area contributed by atoms with Gasteiger partial charge in [-0.15, -0.1) is 0 Å². The molecule has 4 N–H and O–H groups in total. The molecule has 8 nitrogen and oxygen atoms in total. The molecule has 0 spiro atoms. The van der Waals surface area contributed by atoms with E-state index in [1.54, 1.807) is 0 Å². The first kappa shape index (κ1) is 13.5. The molecule has 0 aromatic carbocycles. The Morgan fingerprint density at radius 3 is 2.68 bits per heavy atom. The Hall–Kier alpha value is -1.93. The Morgan fingerprint density at radius 2 is 2.11 bits per heavy atom. The summed E-state index contributed by atoms with van der Waals surface area (Å²) in [5, 5.41) is 12.1. The lowest BCUT2D eigenvalue weighted by Gasteiger charge is -2.36. The third-order valence-corrected chi connectivity index (χ3v) is 3.20. The van der Waals surface area contributed by atoms with E-state index in [1.165, 1.54) is 0 Å². The third-order valence-electron chi connectivity index (χ3n) is 3.20. The van der Waals surface area contributed by atoms with Crippen LogP contribution in [-0.2, 0) is 4.74 Å². The number of carbonyl (C=O) groups is 1. The highest BCUT2D eigenvalue weighted by Gasteiger charge is 2.34. The Balaban J connectivity index is 2.20. The van der Waals surface area contributed by atoms with Crippen molar-refractivity contribution in [1.29, 1.82) is 0 Å². The molecular formula is C11H15N3O5. The van der Waals surface area contributed by atoms with Gasteiger partial charge < -0.3 is 20.1 Å². The van der Waals surface area contributed by atoms with Gasteiger partial charge in [-0.25, -0.2) is 4.79 Å². The van der Waals surface area contributed by atoms with Crippen molar-refractivity contribution in [2.75, 3.05) is 19.8 Å². The molecule has 2 rings (SSSR count). The van der Waals surface area contributed by atoms with Crippen molar-refractivity contribution in [3.8, 4) is 0 Å². The van der Waals surface area contributed by atoms with E-state index in [4.69, 9.17) is 4.74 Å². The summed E-state index contributed by atoms with van der Waals surface area (Å²) in [4.78, 5) is 38.6. The maximum Gasteiger partial charge on any atom is 0.325 e. The van der Waals surface area contributed by atoms with Gasteiger partial charge in [0.1, 0.15) is 5.56 Å². The van der Waals surface area contributed by atoms with Gasteiger partial charge in [-0.1, -0.05) is 0 Å². The number of carbonyl (C=O) groups excluding carboxylic acids is 1. The molecule has 8 heteroatoms. The first-order valence-electron chi connectivity index (χ1n) is 5.89. The van der Waals surface area contributed by atoms with Crippen LogP contribution in [-0.4, -0.2) is 46.3 Å². The SMILES string of the molecule is O=C(NC1(CO)CCOCC1)c1c[nH]c(=O)[nH]c1=O. The van der Waals surface area contributed by atoms with Crippen LogP contribution in [0.2, 0.25) is 0 Å². The van der Waals surface area contributed by atoms with E-state index in [2.05, 4.69) is 10.3 Å². The highest BCUT2D eigenvalue weighted by molar-refractivity contribution is 5.94. The molecular weight excluding hydrogens is 254 g/mol. The summed E-state index contributed by atoms with van der Waals surface area (Å²) < 4.78 is 5.18. The van der Waals surface area contributed by atoms with Gasteiger partial charge in [0.25, 0.3) is 11.5 Å². The van der Waals surface area contributed by atoms with Crippen LogP contribution in [0.4, 0.5) is 0 Å². The summed E-state index contributed by atoms with van der Waals surface area (Å²) in [7, 11) is 0. The van der Waals surface area contributed by atoms with Crippen LogP contribution in [0.3, 0.4) is 0 Å². The van der Waals surface area contributed by atoms with Crippen molar-refractivity contribution in [1.82, 2.24) is 15.3 Å². The minimum absolute atomic E-state index is 0.195. The number of aliphatic hydroxyl groups is 1. The van der Waals surface area contributed by atoms with Crippen molar-refractivity contribution < 1.29 is 14.6 Å². The van der Waals surface area contributed by atoms with Gasteiger partial charge in [-0.2, -0.15) is 0 Å². The number of aromatic amines is 2. The van der Waals surface area contributed by atoms with E-state index in [9.17, 15) is 19.5 Å². The number of amides is 1. The highest BCUT2D eigenvalue weighted by atomic mass is 16.5. The fourth-order valence-corrected chi connectivity index (χ4v) is 1.97. The molecule has 1 aliphatic rings. The zero-order chi connectivity index (χ0) is 13.9. The standard InChI is InChI=1S/C11H15N3O5/c15-6-11(1-3-19-4-2-11)14-9(17)7-5-12-10(18)13-8(7)16/h5,15H,1-4,6H2,(H,14,17)(H2,12,13,16,18). The molecule has 1 aliphatic heterocycles. The second-order valence-corrected chi connectivity index (χ2v) is 4.49. The lowest BCUT2D eigenvalue weighted by Crippen LogP contribution is -2.55. The predicted octanol–water partition coefficient (Wildman–Crippen LogP) is -1.67. The molecule has 104 valence electrons. The molecule has 1 amide bonds. The number of H-pyrrole nitrogens is 2. The van der Waals surface area contributed by atoms with Gasteiger partial charge in [0.15, 0.2) is 0 Å². The van der Waals surface area contributed by atoms with E-state index >= 15 is 0 Å². The lowest BCUT2D eigenvalue weighted by atomic mass is 9.90. The van der Waals surface area contributed by atoms with Crippen LogP contribution in [0.1, 0.15) is 23.2 Å². The van der Waals surface area contributed by atoms with E-state index < -0.39 is 22.7 Å². The first-order chi connectivity index (χ1) is 9.06. The average molecular weight is 269 g/mol. The van der Waals surface area contributed by atoms with Gasteiger partial charge in [0, 0.05) is 19.4 Å². The molecule has 0 unspecified atom stereocenters. The maximum atomic E-state index is 12.0. The van der Waals surface area contributed by atoms with Crippen molar-refractivity contribution >= 4 is 5.91 Å². The molecule has 2 heterocycles. The minimum atomic E-state index is -0.780. The van der Waals surface area contributed by atoms with Crippen molar-refractivity contribution in [3.63, 3.8) is 0 Å². The topological polar surface area (TPSA) is 124 Å². The molecule has 1 aromatic rings. The molecule has 19 heavy (non-hydrogen) atoms. The molecule has 0 atom stereocenters. The number of hydrogen-bond acceptors (Lipinski definition) is 5. The Labute approximate surface area is 107 Å². The monoisotopic (exact) mass is 269 g/mol. The smallest absolute Gasteiger partial charge is 0.325 e. The Kier molecular flexibility index (Phi) is 3.82. The van der Waals surface area contributed by atoms with Crippen LogP contribution in [0, 0.1) is 0 Å². The third kappa shape index (κ3) is 2.91. The molecule has 1 saturated heterocycles. The fourth-order valence-electron chi connectivity index (χ4n) is 1.97. The molecule has 0 saturated carbocycles. The highest BCUT2D eigenvalue weighted by Crippen LogP contribution is 2.20. The number of nitrogens with one attached hydrogen (secondary N) is 3. The van der Waals surface area contributed by atoms with Gasteiger partial charge in [0.2, 0.25) is 0 Å². The number of rotatable bonds is 3. The largest absolute Gasteiger partial charge is 0.394 e. The second kappa shape index (κ2) is 5.37. The number of hydrogen-bond donors (Lipinski definition) is 4. The van der Waals surface area contributed by atoms with E-state index in [1.807, 2.05) is 4.98 Å². The van der Waals surface area contributed by atoms with E-state index in [0.717, 1.165) is 6.20 Å².